The van der Waals surface area contributed by atoms with Crippen LogP contribution in [-0.2, 0) is 19.2 Å². The maximum Gasteiger partial charge on any atom is 0.326 e. The van der Waals surface area contributed by atoms with Crippen molar-refractivity contribution in [2.24, 2.45) is 5.73 Å². The summed E-state index contributed by atoms with van der Waals surface area (Å²) < 4.78 is 0. The topological polar surface area (TPSA) is 163 Å². The Kier molecular flexibility index (Phi) is 15.2. The molecule has 1 saturated heterocycles. The van der Waals surface area contributed by atoms with Crippen LogP contribution in [0.5, 0.6) is 0 Å². The van der Waals surface area contributed by atoms with Gasteiger partial charge in [-0.25, -0.2) is 4.79 Å². The third-order valence-electron chi connectivity index (χ3n) is 5.43. The van der Waals surface area contributed by atoms with E-state index in [1.807, 2.05) is 12.5 Å². The molecule has 10 nitrogen and oxygen atoms in total. The second-order valence-corrected chi connectivity index (χ2v) is 9.99. The van der Waals surface area contributed by atoms with E-state index in [9.17, 15) is 24.3 Å². The fourth-order valence-electron chi connectivity index (χ4n) is 3.48. The Bertz CT molecular complexity index is 634. The van der Waals surface area contributed by atoms with E-state index in [-0.39, 0.29) is 18.4 Å². The van der Waals surface area contributed by atoms with E-state index < -0.39 is 35.9 Å². The third kappa shape index (κ3) is 11.5. The summed E-state index contributed by atoms with van der Waals surface area (Å²) in [7, 11) is 0. The van der Waals surface area contributed by atoms with Gasteiger partial charge in [-0.15, -0.1) is 0 Å². The number of unbranched alkanes of at least 4 members (excludes halogenated alkanes) is 1. The minimum atomic E-state index is -1.12. The van der Waals surface area contributed by atoms with Crippen LogP contribution in [0.25, 0.3) is 0 Å². The third-order valence-corrected chi connectivity index (χ3v) is 6.71. The van der Waals surface area contributed by atoms with Crippen LogP contribution >= 0.6 is 23.5 Å². The van der Waals surface area contributed by atoms with E-state index in [0.29, 0.717) is 43.7 Å². The summed E-state index contributed by atoms with van der Waals surface area (Å²) in [5, 5.41) is 20.7. The molecule has 0 spiro atoms. The molecule has 33 heavy (non-hydrogen) atoms. The van der Waals surface area contributed by atoms with Gasteiger partial charge in [-0.05, 0) is 82.1 Å². The van der Waals surface area contributed by atoms with Gasteiger partial charge in [-0.1, -0.05) is 0 Å². The second kappa shape index (κ2) is 17.0. The Morgan fingerprint density at radius 3 is 2.00 bits per heavy atom. The number of carboxylic acid groups (broad SMARTS) is 1. The Morgan fingerprint density at radius 1 is 0.939 bits per heavy atom. The highest BCUT2D eigenvalue weighted by Crippen LogP contribution is 2.09. The van der Waals surface area contributed by atoms with E-state index in [0.717, 1.165) is 19.4 Å². The first-order valence-corrected chi connectivity index (χ1v) is 14.2. The van der Waals surface area contributed by atoms with Gasteiger partial charge in [0.25, 0.3) is 0 Å². The predicted molar refractivity (Wildman–Crippen MR) is 133 cm³/mol. The highest BCUT2D eigenvalue weighted by Gasteiger charge is 2.31. The Morgan fingerprint density at radius 2 is 1.52 bits per heavy atom. The smallest absolute Gasteiger partial charge is 0.326 e. The van der Waals surface area contributed by atoms with Crippen LogP contribution in [0.3, 0.4) is 0 Å². The number of carboxylic acids is 1. The molecule has 3 amide bonds. The molecule has 0 aromatic rings. The highest BCUT2D eigenvalue weighted by atomic mass is 32.2. The number of carbonyl (C=O) groups is 4. The summed E-state index contributed by atoms with van der Waals surface area (Å²) in [6.07, 6.45) is 7.73. The number of carbonyl (C=O) groups excluding carboxylic acids is 3. The zero-order valence-electron chi connectivity index (χ0n) is 19.6. The standard InChI is InChI=1S/C21H39N5O5S2/c1-32-12-8-15(24-18(27)14-7-5-11-23-14)19(28)25-16(9-13-33-2)20(29)26-17(21(30)31)6-3-4-10-22/h14-17,23H,3-13,22H2,1-2H3,(H,24,27)(H,25,28)(H,26,29)(H,30,31). The number of nitrogens with one attached hydrogen (secondary N) is 4. The van der Waals surface area contributed by atoms with Crippen LogP contribution < -0.4 is 27.0 Å². The molecule has 0 aliphatic carbocycles. The van der Waals surface area contributed by atoms with Gasteiger partial charge in [-0.3, -0.25) is 14.4 Å². The Balaban J connectivity index is 2.83. The van der Waals surface area contributed by atoms with Crippen molar-refractivity contribution in [2.45, 2.75) is 69.1 Å². The van der Waals surface area contributed by atoms with Crippen molar-refractivity contribution in [3.63, 3.8) is 0 Å². The van der Waals surface area contributed by atoms with Crippen molar-refractivity contribution >= 4 is 47.2 Å². The first-order chi connectivity index (χ1) is 15.8. The summed E-state index contributed by atoms with van der Waals surface area (Å²) in [6, 6.07) is -3.01. The SMILES string of the molecule is CSCCC(NC(=O)C(CCSC)NC(=O)C1CCCN1)C(=O)NC(CCCCN)C(=O)O. The second-order valence-electron chi connectivity index (χ2n) is 8.02. The predicted octanol–water partition coefficient (Wildman–Crippen LogP) is -0.0874. The lowest BCUT2D eigenvalue weighted by Gasteiger charge is -2.25. The van der Waals surface area contributed by atoms with Gasteiger partial charge >= 0.3 is 5.97 Å². The zero-order chi connectivity index (χ0) is 24.6. The quantitative estimate of drug-likeness (QED) is 0.148. The maximum atomic E-state index is 13.0. The fraction of sp³-hybridized carbons (Fsp3) is 0.810. The minimum absolute atomic E-state index is 0.218. The van der Waals surface area contributed by atoms with Crippen LogP contribution in [-0.4, -0.2) is 90.1 Å². The molecule has 4 unspecified atom stereocenters. The lowest BCUT2D eigenvalue weighted by molar-refractivity contribution is -0.142. The monoisotopic (exact) mass is 505 g/mol. The van der Waals surface area contributed by atoms with Gasteiger partial charge in [0.2, 0.25) is 17.7 Å². The first-order valence-electron chi connectivity index (χ1n) is 11.4. The molecule has 0 aromatic heterocycles. The van der Waals surface area contributed by atoms with E-state index in [1.54, 1.807) is 11.8 Å². The molecule has 0 aromatic carbocycles. The molecule has 0 bridgehead atoms. The average Bonchev–Trinajstić information content (AvgIpc) is 3.33. The molecule has 1 fully saturated rings. The number of thioether (sulfide) groups is 2. The van der Waals surface area contributed by atoms with E-state index in [1.165, 1.54) is 11.8 Å². The molecule has 0 radical (unpaired) electrons. The summed E-state index contributed by atoms with van der Waals surface area (Å²) in [6.45, 7) is 1.22. The van der Waals surface area contributed by atoms with Crippen LogP contribution in [0.15, 0.2) is 0 Å². The fourth-order valence-corrected chi connectivity index (χ4v) is 4.43. The van der Waals surface area contributed by atoms with Gasteiger partial charge in [-0.2, -0.15) is 23.5 Å². The van der Waals surface area contributed by atoms with Crippen molar-refractivity contribution in [3.8, 4) is 0 Å². The first kappa shape index (κ1) is 29.5. The number of aliphatic carboxylic acids is 1. The molecule has 190 valence electrons. The molecule has 1 heterocycles. The van der Waals surface area contributed by atoms with Crippen LogP contribution in [0.1, 0.15) is 44.9 Å². The molecule has 0 saturated carbocycles. The van der Waals surface area contributed by atoms with Crippen LogP contribution in [0, 0.1) is 0 Å². The number of hydrogen-bond donors (Lipinski definition) is 6. The summed E-state index contributed by atoms with van der Waals surface area (Å²) in [5.41, 5.74) is 5.47. The molecule has 12 heteroatoms. The van der Waals surface area contributed by atoms with E-state index >= 15 is 0 Å². The largest absolute Gasteiger partial charge is 0.480 e. The maximum absolute atomic E-state index is 13.0. The van der Waals surface area contributed by atoms with Gasteiger partial charge in [0, 0.05) is 0 Å². The Labute approximate surface area is 204 Å². The molecular formula is C21H39N5O5S2. The van der Waals surface area contributed by atoms with Crippen molar-refractivity contribution in [2.75, 3.05) is 37.1 Å². The molecule has 1 rings (SSSR count). The minimum Gasteiger partial charge on any atom is -0.480 e. The number of hydrogen-bond acceptors (Lipinski definition) is 8. The number of nitrogens with two attached hydrogens (primary N) is 1. The van der Waals surface area contributed by atoms with E-state index in [2.05, 4.69) is 21.3 Å². The van der Waals surface area contributed by atoms with Gasteiger partial charge in [0.1, 0.15) is 18.1 Å². The lowest BCUT2D eigenvalue weighted by atomic mass is 10.1. The molecule has 4 atom stereocenters. The normalized spacial score (nSPS) is 18.2. The van der Waals surface area contributed by atoms with E-state index in [4.69, 9.17) is 5.73 Å². The molecule has 7 N–H and O–H groups in total. The molecule has 1 aliphatic heterocycles. The van der Waals surface area contributed by atoms with Crippen molar-refractivity contribution in [3.05, 3.63) is 0 Å². The van der Waals surface area contributed by atoms with Crippen LogP contribution in [0.4, 0.5) is 0 Å². The Hall–Kier alpha value is -1.50. The van der Waals surface area contributed by atoms with Gasteiger partial charge < -0.3 is 32.1 Å². The lowest BCUT2D eigenvalue weighted by Crippen LogP contribution is -2.57. The van der Waals surface area contributed by atoms with Crippen molar-refractivity contribution in [1.82, 2.24) is 21.3 Å². The average molecular weight is 506 g/mol. The van der Waals surface area contributed by atoms with Gasteiger partial charge in [0.15, 0.2) is 0 Å². The highest BCUT2D eigenvalue weighted by molar-refractivity contribution is 7.98. The summed E-state index contributed by atoms with van der Waals surface area (Å²) in [5.74, 6) is -1.04. The van der Waals surface area contributed by atoms with Crippen LogP contribution in [0.2, 0.25) is 0 Å². The summed E-state index contributed by atoms with van der Waals surface area (Å²) in [4.78, 5) is 50.0. The summed E-state index contributed by atoms with van der Waals surface area (Å²) >= 11 is 3.09. The number of rotatable bonds is 17. The van der Waals surface area contributed by atoms with Gasteiger partial charge in [0.05, 0.1) is 6.04 Å². The molecular weight excluding hydrogens is 466 g/mol. The van der Waals surface area contributed by atoms with Crippen molar-refractivity contribution < 1.29 is 24.3 Å². The zero-order valence-corrected chi connectivity index (χ0v) is 21.2. The van der Waals surface area contributed by atoms with Crippen molar-refractivity contribution in [1.29, 1.82) is 0 Å². The molecule has 1 aliphatic rings. The number of amides is 3.